The molecule has 0 aliphatic carbocycles. The van der Waals surface area contributed by atoms with E-state index in [0.717, 1.165) is 21.5 Å². The van der Waals surface area contributed by atoms with Crippen molar-refractivity contribution in [2.24, 2.45) is 5.92 Å². The van der Waals surface area contributed by atoms with Gasteiger partial charge in [-0.15, -0.1) is 11.3 Å². The monoisotopic (exact) mass is 373 g/mol. The van der Waals surface area contributed by atoms with Gasteiger partial charge in [-0.05, 0) is 40.9 Å². The third-order valence-corrected chi connectivity index (χ3v) is 5.21. The van der Waals surface area contributed by atoms with Gasteiger partial charge in [0.25, 0.3) is 0 Å². The quantitative estimate of drug-likeness (QED) is 0.884. The van der Waals surface area contributed by atoms with Gasteiger partial charge in [0.2, 0.25) is 5.91 Å². The molecule has 21 heavy (non-hydrogen) atoms. The van der Waals surface area contributed by atoms with Crippen molar-refractivity contribution in [3.8, 4) is 0 Å². The first kappa shape index (κ1) is 16.3. The molecule has 0 radical (unpaired) electrons. The second-order valence-corrected chi connectivity index (χ2v) is 7.91. The molecule has 116 valence electrons. The summed E-state index contributed by atoms with van der Waals surface area (Å²) < 4.78 is 1.07. The number of likely N-dealkylation sites (tertiary alicyclic amines) is 1. The summed E-state index contributed by atoms with van der Waals surface area (Å²) >= 11 is 5.04. The topological polar surface area (TPSA) is 52.7 Å². The molecule has 1 aliphatic rings. The number of carbonyl (C=O) groups excluding carboxylic acids is 2. The summed E-state index contributed by atoms with van der Waals surface area (Å²) in [5.41, 5.74) is 0. The SMILES string of the molecule is CN(C)C(=O)N1CCC(C(=O)NCc2ccc(Br)s2)CC1. The van der Waals surface area contributed by atoms with Gasteiger partial charge in [-0.2, -0.15) is 0 Å². The fourth-order valence-electron chi connectivity index (χ4n) is 2.38. The Labute approximate surface area is 137 Å². The summed E-state index contributed by atoms with van der Waals surface area (Å²) in [6.07, 6.45) is 1.47. The van der Waals surface area contributed by atoms with Gasteiger partial charge in [-0.1, -0.05) is 0 Å². The zero-order chi connectivity index (χ0) is 15.4. The first-order chi connectivity index (χ1) is 9.97. The number of thiophene rings is 1. The zero-order valence-electron chi connectivity index (χ0n) is 12.3. The fourth-order valence-corrected chi connectivity index (χ4v) is 3.80. The van der Waals surface area contributed by atoms with Gasteiger partial charge in [0.15, 0.2) is 0 Å². The Hall–Kier alpha value is -1.08. The molecule has 1 aromatic heterocycles. The van der Waals surface area contributed by atoms with Crippen molar-refractivity contribution < 1.29 is 9.59 Å². The minimum atomic E-state index is 0.0135. The van der Waals surface area contributed by atoms with Crippen LogP contribution in [0.25, 0.3) is 0 Å². The van der Waals surface area contributed by atoms with E-state index in [-0.39, 0.29) is 17.9 Å². The molecule has 2 heterocycles. The van der Waals surface area contributed by atoms with Crippen LogP contribution >= 0.6 is 27.3 Å². The molecule has 0 bridgehead atoms. The molecule has 3 amide bonds. The Morgan fingerprint density at radius 3 is 2.57 bits per heavy atom. The minimum absolute atomic E-state index is 0.0135. The standard InChI is InChI=1S/C14H20BrN3O2S/c1-17(2)14(20)18-7-5-10(6-8-18)13(19)16-9-11-3-4-12(15)21-11/h3-4,10H,5-9H2,1-2H3,(H,16,19). The maximum atomic E-state index is 12.2. The largest absolute Gasteiger partial charge is 0.351 e. The Morgan fingerprint density at radius 1 is 1.38 bits per heavy atom. The van der Waals surface area contributed by atoms with Crippen LogP contribution < -0.4 is 5.32 Å². The molecule has 1 fully saturated rings. The van der Waals surface area contributed by atoms with Crippen LogP contribution in [-0.4, -0.2) is 48.9 Å². The summed E-state index contributed by atoms with van der Waals surface area (Å²) in [4.78, 5) is 28.5. The van der Waals surface area contributed by atoms with Crippen LogP contribution in [0.3, 0.4) is 0 Å². The lowest BCUT2D eigenvalue weighted by molar-refractivity contribution is -0.126. The molecule has 0 spiro atoms. The molecule has 0 aromatic carbocycles. The Bertz CT molecular complexity index is 510. The van der Waals surface area contributed by atoms with Gasteiger partial charge in [-0.25, -0.2) is 4.79 Å². The number of halogens is 1. The molecule has 0 saturated carbocycles. The normalized spacial score (nSPS) is 15.9. The zero-order valence-corrected chi connectivity index (χ0v) is 14.7. The van der Waals surface area contributed by atoms with Crippen molar-refractivity contribution >= 4 is 39.2 Å². The molecule has 0 unspecified atom stereocenters. The third kappa shape index (κ3) is 4.44. The average Bonchev–Trinajstić information content (AvgIpc) is 2.89. The van der Waals surface area contributed by atoms with Crippen molar-refractivity contribution in [1.29, 1.82) is 0 Å². The van der Waals surface area contributed by atoms with E-state index in [0.29, 0.717) is 19.6 Å². The third-order valence-electron chi connectivity index (χ3n) is 3.58. The maximum Gasteiger partial charge on any atom is 0.319 e. The number of carbonyl (C=O) groups is 2. The molecule has 5 nitrogen and oxygen atoms in total. The first-order valence-corrected chi connectivity index (χ1v) is 8.56. The number of nitrogens with zero attached hydrogens (tertiary/aromatic N) is 2. The van der Waals surface area contributed by atoms with Crippen molar-refractivity contribution in [2.45, 2.75) is 19.4 Å². The highest BCUT2D eigenvalue weighted by Gasteiger charge is 2.27. The van der Waals surface area contributed by atoms with E-state index in [2.05, 4.69) is 21.2 Å². The number of amides is 3. The maximum absolute atomic E-state index is 12.2. The molecule has 7 heteroatoms. The van der Waals surface area contributed by atoms with Crippen LogP contribution in [0.1, 0.15) is 17.7 Å². The van der Waals surface area contributed by atoms with E-state index in [1.807, 2.05) is 12.1 Å². The van der Waals surface area contributed by atoms with Gasteiger partial charge >= 0.3 is 6.03 Å². The Morgan fingerprint density at radius 2 is 2.05 bits per heavy atom. The Kier molecular flexibility index (Phi) is 5.64. The summed E-state index contributed by atoms with van der Waals surface area (Å²) in [5, 5.41) is 2.99. The van der Waals surface area contributed by atoms with Gasteiger partial charge in [0.1, 0.15) is 0 Å². The highest BCUT2D eigenvalue weighted by molar-refractivity contribution is 9.11. The highest BCUT2D eigenvalue weighted by atomic mass is 79.9. The van der Waals surface area contributed by atoms with Crippen LogP contribution in [0, 0.1) is 5.92 Å². The molecule has 1 saturated heterocycles. The average molecular weight is 374 g/mol. The predicted molar refractivity (Wildman–Crippen MR) is 87.2 cm³/mol. The van der Waals surface area contributed by atoms with Crippen LogP contribution in [0.5, 0.6) is 0 Å². The molecule has 1 aliphatic heterocycles. The van der Waals surface area contributed by atoms with Crippen molar-refractivity contribution in [1.82, 2.24) is 15.1 Å². The fraction of sp³-hybridized carbons (Fsp3) is 0.571. The summed E-state index contributed by atoms with van der Waals surface area (Å²) in [7, 11) is 3.50. The van der Waals surface area contributed by atoms with E-state index in [4.69, 9.17) is 0 Å². The van der Waals surface area contributed by atoms with Crippen molar-refractivity contribution in [3.05, 3.63) is 20.8 Å². The van der Waals surface area contributed by atoms with Crippen molar-refractivity contribution in [3.63, 3.8) is 0 Å². The van der Waals surface area contributed by atoms with Gasteiger partial charge in [0.05, 0.1) is 10.3 Å². The molecule has 1 N–H and O–H groups in total. The lowest BCUT2D eigenvalue weighted by atomic mass is 9.96. The van der Waals surface area contributed by atoms with Gasteiger partial charge in [0, 0.05) is 38.0 Å². The van der Waals surface area contributed by atoms with E-state index < -0.39 is 0 Å². The summed E-state index contributed by atoms with van der Waals surface area (Å²) in [6.45, 7) is 1.88. The van der Waals surface area contributed by atoms with E-state index in [9.17, 15) is 9.59 Å². The predicted octanol–water partition coefficient (Wildman–Crippen LogP) is 2.52. The smallest absolute Gasteiger partial charge is 0.319 e. The second-order valence-electron chi connectivity index (χ2n) is 5.36. The second kappa shape index (κ2) is 7.26. The van der Waals surface area contributed by atoms with E-state index >= 15 is 0 Å². The first-order valence-electron chi connectivity index (χ1n) is 6.95. The Balaban J connectivity index is 1.76. The van der Waals surface area contributed by atoms with Crippen LogP contribution in [0.15, 0.2) is 15.9 Å². The number of piperidine rings is 1. The molecule has 2 rings (SSSR count). The van der Waals surface area contributed by atoms with Gasteiger partial charge in [-0.3, -0.25) is 4.79 Å². The van der Waals surface area contributed by atoms with Crippen molar-refractivity contribution in [2.75, 3.05) is 27.2 Å². The number of nitrogens with one attached hydrogen (secondary N) is 1. The van der Waals surface area contributed by atoms with E-state index in [1.165, 1.54) is 0 Å². The lowest BCUT2D eigenvalue weighted by Gasteiger charge is -2.33. The number of urea groups is 1. The molecular formula is C14H20BrN3O2S. The number of hydrogen-bond acceptors (Lipinski definition) is 3. The number of hydrogen-bond donors (Lipinski definition) is 1. The molecule has 1 aromatic rings. The lowest BCUT2D eigenvalue weighted by Crippen LogP contribution is -2.46. The van der Waals surface area contributed by atoms with E-state index in [1.54, 1.807) is 35.2 Å². The summed E-state index contributed by atoms with van der Waals surface area (Å²) in [5.74, 6) is 0.107. The minimum Gasteiger partial charge on any atom is -0.351 e. The van der Waals surface area contributed by atoms with Crippen LogP contribution in [0.2, 0.25) is 0 Å². The van der Waals surface area contributed by atoms with Crippen LogP contribution in [-0.2, 0) is 11.3 Å². The summed E-state index contributed by atoms with van der Waals surface area (Å²) in [6, 6.07) is 4.02. The highest BCUT2D eigenvalue weighted by Crippen LogP contribution is 2.22. The molecular weight excluding hydrogens is 354 g/mol. The van der Waals surface area contributed by atoms with Crippen LogP contribution in [0.4, 0.5) is 4.79 Å². The molecule has 0 atom stereocenters. The number of rotatable bonds is 3. The van der Waals surface area contributed by atoms with Gasteiger partial charge < -0.3 is 15.1 Å².